The molecule has 41 heavy (non-hydrogen) atoms. The molecule has 0 aliphatic carbocycles. The Bertz CT molecular complexity index is 1610. The van der Waals surface area contributed by atoms with E-state index in [1.165, 1.54) is 11.3 Å². The van der Waals surface area contributed by atoms with E-state index in [1.54, 1.807) is 11.5 Å². The molecular formula is C33H34ClN3O3S. The summed E-state index contributed by atoms with van der Waals surface area (Å²) in [6.45, 7) is 1.57. The van der Waals surface area contributed by atoms with E-state index in [0.29, 0.717) is 22.5 Å². The third kappa shape index (κ3) is 6.94. The number of aryl methyl sites for hydroxylation is 1. The summed E-state index contributed by atoms with van der Waals surface area (Å²) in [6, 6.07) is 29.9. The lowest BCUT2D eigenvalue weighted by Crippen LogP contribution is -2.20. The molecule has 2 aromatic heterocycles. The molecule has 0 atom stereocenters. The quantitative estimate of drug-likeness (QED) is 0.0619. The van der Waals surface area contributed by atoms with Gasteiger partial charge in [0, 0.05) is 33.6 Å². The van der Waals surface area contributed by atoms with Gasteiger partial charge < -0.3 is 10.3 Å². The highest BCUT2D eigenvalue weighted by Crippen LogP contribution is 2.35. The lowest BCUT2D eigenvalue weighted by atomic mass is 10.0. The standard InChI is InChI=1S/C33H33N3O3S.ClH/c34-17-9-1-2-10-18-36-28(23-11-5-3-6-12-23)19-25-15-16-26(20-29(25)36)32(38)30-21-27(22-31(37)35-39)33(40-30)24-13-7-4-8-14-24;/h3-8,11-16,19-21,39H,1-2,9-10,17-18,22,34H2,(H,35,37);1H. The van der Waals surface area contributed by atoms with Gasteiger partial charge in [-0.1, -0.05) is 85.6 Å². The van der Waals surface area contributed by atoms with Gasteiger partial charge in [-0.25, -0.2) is 5.48 Å². The highest BCUT2D eigenvalue weighted by Gasteiger charge is 2.20. The molecule has 0 aliphatic rings. The summed E-state index contributed by atoms with van der Waals surface area (Å²) in [5.41, 5.74) is 12.9. The zero-order valence-corrected chi connectivity index (χ0v) is 24.3. The number of carbonyl (C=O) groups is 2. The molecule has 0 radical (unpaired) electrons. The van der Waals surface area contributed by atoms with Gasteiger partial charge in [0.05, 0.1) is 11.3 Å². The first-order valence-electron chi connectivity index (χ1n) is 13.6. The van der Waals surface area contributed by atoms with Crippen molar-refractivity contribution < 1.29 is 14.8 Å². The lowest BCUT2D eigenvalue weighted by Gasteiger charge is -2.12. The Morgan fingerprint density at radius 3 is 2.20 bits per heavy atom. The Hall–Kier alpha value is -3.75. The number of hydrogen-bond donors (Lipinski definition) is 3. The number of halogens is 1. The minimum atomic E-state index is -0.520. The summed E-state index contributed by atoms with van der Waals surface area (Å²) in [4.78, 5) is 27.2. The molecule has 0 saturated carbocycles. The SMILES string of the molecule is Cl.NCCCCCCn1c(-c2ccccc2)cc2ccc(C(=O)c3cc(CC(=O)NO)c(-c4ccccc4)s3)cc21. The number of hydroxylamine groups is 1. The summed E-state index contributed by atoms with van der Waals surface area (Å²) in [5.74, 6) is -0.607. The van der Waals surface area contributed by atoms with Crippen LogP contribution in [0.2, 0.25) is 0 Å². The average molecular weight is 588 g/mol. The molecule has 1 amide bonds. The number of unbranched alkanes of at least 4 members (excludes halogenated alkanes) is 3. The van der Waals surface area contributed by atoms with Crippen molar-refractivity contribution in [2.45, 2.75) is 38.6 Å². The van der Waals surface area contributed by atoms with Crippen LogP contribution in [0, 0.1) is 0 Å². The van der Waals surface area contributed by atoms with Crippen LogP contribution in [-0.4, -0.2) is 28.0 Å². The third-order valence-corrected chi connectivity index (χ3v) is 8.34. The fourth-order valence-electron chi connectivity index (χ4n) is 5.11. The van der Waals surface area contributed by atoms with Gasteiger partial charge in [0.1, 0.15) is 0 Å². The van der Waals surface area contributed by atoms with Gasteiger partial charge >= 0.3 is 0 Å². The van der Waals surface area contributed by atoms with Crippen LogP contribution in [0.3, 0.4) is 0 Å². The van der Waals surface area contributed by atoms with Crippen molar-refractivity contribution >= 4 is 46.3 Å². The van der Waals surface area contributed by atoms with E-state index in [2.05, 4.69) is 22.8 Å². The molecule has 0 bridgehead atoms. The highest BCUT2D eigenvalue weighted by molar-refractivity contribution is 7.17. The monoisotopic (exact) mass is 587 g/mol. The van der Waals surface area contributed by atoms with E-state index in [9.17, 15) is 9.59 Å². The van der Waals surface area contributed by atoms with Crippen molar-refractivity contribution in [1.82, 2.24) is 10.0 Å². The van der Waals surface area contributed by atoms with Gasteiger partial charge in [0.25, 0.3) is 0 Å². The first kappa shape index (κ1) is 30.2. The largest absolute Gasteiger partial charge is 0.340 e. The predicted molar refractivity (Wildman–Crippen MR) is 169 cm³/mol. The zero-order chi connectivity index (χ0) is 27.9. The molecule has 3 aromatic carbocycles. The minimum Gasteiger partial charge on any atom is -0.340 e. The number of fused-ring (bicyclic) bond motifs is 1. The number of thiophene rings is 1. The molecule has 0 spiro atoms. The van der Waals surface area contributed by atoms with Crippen molar-refractivity contribution in [2.24, 2.45) is 5.73 Å². The first-order valence-corrected chi connectivity index (χ1v) is 14.4. The van der Waals surface area contributed by atoms with Crippen molar-refractivity contribution in [3.63, 3.8) is 0 Å². The Kier molecular flexibility index (Phi) is 10.5. The van der Waals surface area contributed by atoms with Crippen LogP contribution >= 0.6 is 23.7 Å². The van der Waals surface area contributed by atoms with Gasteiger partial charge in [0.2, 0.25) is 11.7 Å². The van der Waals surface area contributed by atoms with Crippen LogP contribution in [0.1, 0.15) is 46.5 Å². The van der Waals surface area contributed by atoms with E-state index in [4.69, 9.17) is 10.9 Å². The molecule has 212 valence electrons. The van der Waals surface area contributed by atoms with Crippen LogP contribution in [0.4, 0.5) is 0 Å². The molecule has 0 aliphatic heterocycles. The predicted octanol–water partition coefficient (Wildman–Crippen LogP) is 7.26. The molecule has 5 aromatic rings. The number of ketones is 1. The summed E-state index contributed by atoms with van der Waals surface area (Å²) < 4.78 is 2.32. The number of amides is 1. The lowest BCUT2D eigenvalue weighted by molar-refractivity contribution is -0.128. The average Bonchev–Trinajstić information content (AvgIpc) is 3.58. The number of nitrogens with one attached hydrogen (secondary N) is 1. The maximum atomic E-state index is 13.8. The van der Waals surface area contributed by atoms with E-state index < -0.39 is 5.91 Å². The van der Waals surface area contributed by atoms with E-state index >= 15 is 0 Å². The van der Waals surface area contributed by atoms with Crippen molar-refractivity contribution in [2.75, 3.05) is 6.54 Å². The van der Waals surface area contributed by atoms with E-state index in [-0.39, 0.29) is 24.6 Å². The Morgan fingerprint density at radius 2 is 1.51 bits per heavy atom. The fourth-order valence-corrected chi connectivity index (χ4v) is 6.26. The van der Waals surface area contributed by atoms with Crippen LogP contribution < -0.4 is 11.2 Å². The maximum absolute atomic E-state index is 13.8. The Balaban J connectivity index is 0.00000387. The van der Waals surface area contributed by atoms with Gasteiger partial charge in [-0.05, 0) is 54.3 Å². The van der Waals surface area contributed by atoms with Gasteiger partial charge in [0.15, 0.2) is 0 Å². The first-order chi connectivity index (χ1) is 19.6. The number of rotatable bonds is 12. The van der Waals surface area contributed by atoms with Crippen LogP contribution in [0.25, 0.3) is 32.6 Å². The second kappa shape index (κ2) is 14.2. The Labute approximate surface area is 250 Å². The molecule has 5 rings (SSSR count). The molecule has 0 unspecified atom stereocenters. The molecule has 2 heterocycles. The van der Waals surface area contributed by atoms with Gasteiger partial charge in [-0.3, -0.25) is 14.8 Å². The van der Waals surface area contributed by atoms with Crippen molar-refractivity contribution in [3.8, 4) is 21.7 Å². The van der Waals surface area contributed by atoms with Crippen LogP contribution in [0.15, 0.2) is 91.0 Å². The van der Waals surface area contributed by atoms with Crippen LogP contribution in [-0.2, 0) is 17.8 Å². The third-order valence-electron chi connectivity index (χ3n) is 7.12. The van der Waals surface area contributed by atoms with Gasteiger partial charge in [-0.15, -0.1) is 23.7 Å². The number of hydrogen-bond acceptors (Lipinski definition) is 5. The number of aromatic nitrogens is 1. The topological polar surface area (TPSA) is 97.4 Å². The van der Waals surface area contributed by atoms with Crippen LogP contribution in [0.5, 0.6) is 0 Å². The molecule has 0 fully saturated rings. The van der Waals surface area contributed by atoms with Gasteiger partial charge in [-0.2, -0.15) is 0 Å². The normalized spacial score (nSPS) is 10.9. The zero-order valence-electron chi connectivity index (χ0n) is 22.7. The summed E-state index contributed by atoms with van der Waals surface area (Å²) in [6.07, 6.45) is 4.26. The minimum absolute atomic E-state index is 0. The number of nitrogens with zero attached hydrogens (tertiary/aromatic N) is 1. The summed E-state index contributed by atoms with van der Waals surface area (Å²) >= 11 is 1.37. The molecule has 6 nitrogen and oxygen atoms in total. The molecule has 0 saturated heterocycles. The number of benzene rings is 3. The molecular weight excluding hydrogens is 554 g/mol. The second-order valence-electron chi connectivity index (χ2n) is 9.90. The van der Waals surface area contributed by atoms with E-state index in [0.717, 1.165) is 64.8 Å². The second-order valence-corrected chi connectivity index (χ2v) is 10.9. The smallest absolute Gasteiger partial charge is 0.247 e. The molecule has 4 N–H and O–H groups in total. The maximum Gasteiger partial charge on any atom is 0.247 e. The summed E-state index contributed by atoms with van der Waals surface area (Å²) in [5, 5.41) is 10.2. The fraction of sp³-hybridized carbons (Fsp3) is 0.212. The number of carbonyl (C=O) groups excluding carboxylic acids is 2. The van der Waals surface area contributed by atoms with Crippen molar-refractivity contribution in [1.29, 1.82) is 0 Å². The molecule has 8 heteroatoms. The highest BCUT2D eigenvalue weighted by atomic mass is 35.5. The summed E-state index contributed by atoms with van der Waals surface area (Å²) in [7, 11) is 0. The Morgan fingerprint density at radius 1 is 0.829 bits per heavy atom. The number of nitrogens with two attached hydrogens (primary N) is 1. The van der Waals surface area contributed by atoms with Crippen molar-refractivity contribution in [3.05, 3.63) is 107 Å². The van der Waals surface area contributed by atoms with E-state index in [1.807, 2.05) is 66.7 Å².